The Bertz CT molecular complexity index is 647. The molecular weight excluding hydrogens is 332 g/mol. The van der Waals surface area contributed by atoms with Gasteiger partial charge in [-0.05, 0) is 24.5 Å². The Balaban J connectivity index is 1.58. The number of morpholine rings is 1. The van der Waals surface area contributed by atoms with Gasteiger partial charge >= 0.3 is 0 Å². The van der Waals surface area contributed by atoms with Gasteiger partial charge in [0.05, 0.1) is 25.9 Å². The molecule has 0 radical (unpaired) electrons. The Kier molecular flexibility index (Phi) is 6.46. The molecule has 1 aromatic rings. The van der Waals surface area contributed by atoms with Crippen molar-refractivity contribution in [2.75, 3.05) is 58.5 Å². The van der Waals surface area contributed by atoms with Crippen LogP contribution >= 0.6 is 0 Å². The largest absolute Gasteiger partial charge is 0.382 e. The molecule has 0 aliphatic carbocycles. The lowest BCUT2D eigenvalue weighted by Gasteiger charge is -2.35. The van der Waals surface area contributed by atoms with E-state index in [2.05, 4.69) is 21.3 Å². The quantitative estimate of drug-likeness (QED) is 0.638. The van der Waals surface area contributed by atoms with E-state index in [-0.39, 0.29) is 18.6 Å². The molecule has 2 aliphatic rings. The molecule has 142 valence electrons. The van der Waals surface area contributed by atoms with Crippen LogP contribution in [0.25, 0.3) is 0 Å². The van der Waals surface area contributed by atoms with Gasteiger partial charge in [-0.2, -0.15) is 0 Å². The van der Waals surface area contributed by atoms with Gasteiger partial charge < -0.3 is 24.6 Å². The van der Waals surface area contributed by atoms with Crippen molar-refractivity contribution in [3.63, 3.8) is 0 Å². The number of anilines is 1. The zero-order valence-electron chi connectivity index (χ0n) is 15.6. The van der Waals surface area contributed by atoms with Crippen LogP contribution in [0.15, 0.2) is 29.3 Å². The second-order valence-corrected chi connectivity index (χ2v) is 6.57. The molecule has 1 amide bonds. The molecule has 0 spiro atoms. The molecule has 1 fully saturated rings. The van der Waals surface area contributed by atoms with Gasteiger partial charge in [-0.1, -0.05) is 18.2 Å². The molecule has 0 bridgehead atoms. The molecule has 1 unspecified atom stereocenters. The van der Waals surface area contributed by atoms with Crippen molar-refractivity contribution in [1.82, 2.24) is 10.2 Å². The van der Waals surface area contributed by atoms with Crippen molar-refractivity contribution >= 4 is 17.6 Å². The van der Waals surface area contributed by atoms with Crippen molar-refractivity contribution in [2.24, 2.45) is 4.99 Å². The maximum absolute atomic E-state index is 12.8. The van der Waals surface area contributed by atoms with E-state index in [1.807, 2.05) is 23.1 Å². The number of nitrogens with zero attached hydrogens (tertiary/aromatic N) is 3. The number of carbonyl (C=O) groups is 1. The number of amides is 1. The van der Waals surface area contributed by atoms with Crippen molar-refractivity contribution in [3.8, 4) is 0 Å². The number of fused-ring (bicyclic) bond motifs is 1. The van der Waals surface area contributed by atoms with Gasteiger partial charge in [0.25, 0.3) is 0 Å². The lowest BCUT2D eigenvalue weighted by molar-refractivity contribution is -0.117. The summed E-state index contributed by atoms with van der Waals surface area (Å²) < 4.78 is 10.9. The number of aliphatic imine (C=N–C) groups is 1. The number of guanidine groups is 1. The number of carbonyl (C=O) groups excluding carboxylic acids is 1. The first-order valence-electron chi connectivity index (χ1n) is 9.17. The molecule has 1 atom stereocenters. The van der Waals surface area contributed by atoms with Crippen molar-refractivity contribution < 1.29 is 14.3 Å². The molecule has 7 heteroatoms. The molecule has 26 heavy (non-hydrogen) atoms. The highest BCUT2D eigenvalue weighted by Gasteiger charge is 2.25. The van der Waals surface area contributed by atoms with Crippen molar-refractivity contribution in [2.45, 2.75) is 18.9 Å². The molecule has 0 saturated carbocycles. The summed E-state index contributed by atoms with van der Waals surface area (Å²) in [6, 6.07) is 8.14. The predicted octanol–water partition coefficient (Wildman–Crippen LogP) is 0.888. The van der Waals surface area contributed by atoms with Crippen LogP contribution in [0, 0.1) is 0 Å². The Labute approximate surface area is 155 Å². The summed E-state index contributed by atoms with van der Waals surface area (Å²) in [5.41, 5.74) is 2.28. The Morgan fingerprint density at radius 1 is 1.38 bits per heavy atom. The van der Waals surface area contributed by atoms with E-state index < -0.39 is 0 Å². The molecule has 7 nitrogen and oxygen atoms in total. The first kappa shape index (κ1) is 18.7. The summed E-state index contributed by atoms with van der Waals surface area (Å²) in [6.45, 7) is 3.63. The highest BCUT2D eigenvalue weighted by Crippen LogP contribution is 2.26. The third-order valence-corrected chi connectivity index (χ3v) is 4.81. The second kappa shape index (κ2) is 9.00. The fraction of sp³-hybridized carbons (Fsp3) is 0.579. The van der Waals surface area contributed by atoms with Gasteiger partial charge in [-0.15, -0.1) is 0 Å². The number of rotatable bonds is 4. The zero-order chi connectivity index (χ0) is 18.4. The third kappa shape index (κ3) is 4.34. The smallest absolute Gasteiger partial charge is 0.246 e. The fourth-order valence-electron chi connectivity index (χ4n) is 3.57. The second-order valence-electron chi connectivity index (χ2n) is 6.57. The summed E-state index contributed by atoms with van der Waals surface area (Å²) in [4.78, 5) is 21.1. The topological polar surface area (TPSA) is 66.4 Å². The SMILES string of the molecule is CN=C(NCC(=O)N1CCCc2ccccc21)N1CCOC(COC)C1. The normalized spacial score (nSPS) is 20.7. The van der Waals surface area contributed by atoms with Gasteiger partial charge in [0.15, 0.2) is 5.96 Å². The predicted molar refractivity (Wildman–Crippen MR) is 102 cm³/mol. The number of methoxy groups -OCH3 is 1. The minimum Gasteiger partial charge on any atom is -0.382 e. The van der Waals surface area contributed by atoms with E-state index >= 15 is 0 Å². The van der Waals surface area contributed by atoms with E-state index in [0.717, 1.165) is 37.6 Å². The molecule has 2 heterocycles. The molecule has 2 aliphatic heterocycles. The number of aryl methyl sites for hydroxylation is 1. The molecule has 1 saturated heterocycles. The van der Waals surface area contributed by atoms with Gasteiger partial charge in [0.2, 0.25) is 5.91 Å². The van der Waals surface area contributed by atoms with E-state index in [1.165, 1.54) is 5.56 Å². The maximum Gasteiger partial charge on any atom is 0.246 e. The Morgan fingerprint density at radius 3 is 3.04 bits per heavy atom. The van der Waals surface area contributed by atoms with E-state index in [1.54, 1.807) is 14.2 Å². The number of para-hydroxylation sites is 1. The van der Waals surface area contributed by atoms with Crippen LogP contribution in [-0.2, 0) is 20.7 Å². The summed E-state index contributed by atoms with van der Waals surface area (Å²) in [7, 11) is 3.41. The molecule has 1 N–H and O–H groups in total. The van der Waals surface area contributed by atoms with Crippen molar-refractivity contribution in [1.29, 1.82) is 0 Å². The summed E-state index contributed by atoms with van der Waals surface area (Å²) in [6.07, 6.45) is 2.06. The van der Waals surface area contributed by atoms with Gasteiger partial charge in [-0.25, -0.2) is 0 Å². The standard InChI is InChI=1S/C19H28N4O3/c1-20-19(22-10-11-26-16(13-22)14-25-2)21-12-18(24)23-9-5-7-15-6-3-4-8-17(15)23/h3-4,6,8,16H,5,7,9-14H2,1-2H3,(H,20,21). The van der Waals surface area contributed by atoms with Crippen LogP contribution in [0.4, 0.5) is 5.69 Å². The summed E-state index contributed by atoms with van der Waals surface area (Å²) in [5, 5.41) is 3.22. The lowest BCUT2D eigenvalue weighted by Crippen LogP contribution is -2.53. The summed E-state index contributed by atoms with van der Waals surface area (Å²) in [5.74, 6) is 0.799. The highest BCUT2D eigenvalue weighted by molar-refractivity contribution is 5.98. The van der Waals surface area contributed by atoms with Gasteiger partial charge in [0, 0.05) is 39.5 Å². The summed E-state index contributed by atoms with van der Waals surface area (Å²) >= 11 is 0. The number of ether oxygens (including phenoxy) is 2. The molecule has 1 aromatic carbocycles. The minimum atomic E-state index is 0.0250. The van der Waals surface area contributed by atoms with Crippen LogP contribution in [0.2, 0.25) is 0 Å². The monoisotopic (exact) mass is 360 g/mol. The van der Waals surface area contributed by atoms with Crippen LogP contribution in [-0.4, -0.2) is 76.4 Å². The highest BCUT2D eigenvalue weighted by atomic mass is 16.5. The van der Waals surface area contributed by atoms with E-state index in [4.69, 9.17) is 9.47 Å². The maximum atomic E-state index is 12.8. The first-order chi connectivity index (χ1) is 12.7. The molecule has 0 aromatic heterocycles. The fourth-order valence-corrected chi connectivity index (χ4v) is 3.57. The molecule has 3 rings (SSSR count). The zero-order valence-corrected chi connectivity index (χ0v) is 15.6. The minimum absolute atomic E-state index is 0.0250. The Hall–Kier alpha value is -2.12. The van der Waals surface area contributed by atoms with E-state index in [9.17, 15) is 4.79 Å². The molecular formula is C19H28N4O3. The van der Waals surface area contributed by atoms with Crippen LogP contribution in [0.3, 0.4) is 0 Å². The third-order valence-electron chi connectivity index (χ3n) is 4.81. The van der Waals surface area contributed by atoms with Gasteiger partial charge in [0.1, 0.15) is 0 Å². The lowest BCUT2D eigenvalue weighted by atomic mass is 10.0. The van der Waals surface area contributed by atoms with Crippen molar-refractivity contribution in [3.05, 3.63) is 29.8 Å². The average molecular weight is 360 g/mol. The first-order valence-corrected chi connectivity index (χ1v) is 9.17. The number of hydrogen-bond acceptors (Lipinski definition) is 4. The van der Waals surface area contributed by atoms with Gasteiger partial charge in [-0.3, -0.25) is 9.79 Å². The average Bonchev–Trinajstić information content (AvgIpc) is 2.68. The Morgan fingerprint density at radius 2 is 2.23 bits per heavy atom. The van der Waals surface area contributed by atoms with Crippen LogP contribution in [0.5, 0.6) is 0 Å². The van der Waals surface area contributed by atoms with Crippen LogP contribution in [0.1, 0.15) is 12.0 Å². The number of hydrogen-bond donors (Lipinski definition) is 1. The van der Waals surface area contributed by atoms with Crippen LogP contribution < -0.4 is 10.2 Å². The number of benzene rings is 1. The van der Waals surface area contributed by atoms with E-state index in [0.29, 0.717) is 19.8 Å². The number of nitrogens with one attached hydrogen (secondary N) is 1.